The van der Waals surface area contributed by atoms with Crippen LogP contribution in [0, 0.1) is 0 Å². The van der Waals surface area contributed by atoms with Crippen molar-refractivity contribution in [2.75, 3.05) is 25.2 Å². The van der Waals surface area contributed by atoms with Gasteiger partial charge >= 0.3 is 0 Å². The summed E-state index contributed by atoms with van der Waals surface area (Å²) in [6.07, 6.45) is 8.36. The van der Waals surface area contributed by atoms with E-state index in [1.165, 1.54) is 29.8 Å². The van der Waals surface area contributed by atoms with E-state index in [-0.39, 0.29) is 5.91 Å². The molecular weight excluding hydrogens is 304 g/mol. The highest BCUT2D eigenvalue weighted by Crippen LogP contribution is 2.25. The SMILES string of the molecule is CN1CN(CCCc2[nH]nc3c2CCCC3)C(=O)c2c1ncn2C. The third kappa shape index (κ3) is 2.48. The van der Waals surface area contributed by atoms with Crippen molar-refractivity contribution < 1.29 is 4.79 Å². The molecule has 0 fully saturated rings. The molecule has 128 valence electrons. The lowest BCUT2D eigenvalue weighted by Crippen LogP contribution is -2.46. The van der Waals surface area contributed by atoms with Crippen LogP contribution in [0.2, 0.25) is 0 Å². The molecule has 0 radical (unpaired) electrons. The molecule has 0 bridgehead atoms. The number of imidazole rings is 1. The van der Waals surface area contributed by atoms with Crippen LogP contribution in [0.3, 0.4) is 0 Å². The van der Waals surface area contributed by atoms with E-state index in [2.05, 4.69) is 15.2 Å². The van der Waals surface area contributed by atoms with Crippen molar-refractivity contribution in [3.8, 4) is 0 Å². The van der Waals surface area contributed by atoms with Crippen LogP contribution in [-0.2, 0) is 26.3 Å². The summed E-state index contributed by atoms with van der Waals surface area (Å²) in [6, 6.07) is 0. The Labute approximate surface area is 141 Å². The molecule has 0 unspecified atom stereocenters. The molecule has 0 saturated heterocycles. The summed E-state index contributed by atoms with van der Waals surface area (Å²) in [5, 5.41) is 7.67. The lowest BCUT2D eigenvalue weighted by atomic mass is 9.95. The molecule has 2 aromatic rings. The standard InChI is InChI=1S/C17H24N6O/c1-21-10-18-16-15(21)17(24)23(11-22(16)2)9-5-8-14-12-6-3-4-7-13(12)19-20-14/h10H,3-9,11H2,1-2H3,(H,19,20). The van der Waals surface area contributed by atoms with Gasteiger partial charge < -0.3 is 14.4 Å². The van der Waals surface area contributed by atoms with Gasteiger partial charge in [0, 0.05) is 26.3 Å². The second-order valence-corrected chi connectivity index (χ2v) is 6.87. The number of aryl methyl sites for hydroxylation is 3. The maximum Gasteiger partial charge on any atom is 0.275 e. The van der Waals surface area contributed by atoms with Gasteiger partial charge in [0.1, 0.15) is 0 Å². The summed E-state index contributed by atoms with van der Waals surface area (Å²) in [4.78, 5) is 21.0. The average molecular weight is 328 g/mol. The van der Waals surface area contributed by atoms with E-state index in [0.29, 0.717) is 12.4 Å². The summed E-state index contributed by atoms with van der Waals surface area (Å²) in [6.45, 7) is 1.35. The Bertz CT molecular complexity index is 761. The van der Waals surface area contributed by atoms with Crippen LogP contribution in [0.5, 0.6) is 0 Å². The molecule has 7 heteroatoms. The van der Waals surface area contributed by atoms with Crippen LogP contribution in [0.15, 0.2) is 6.33 Å². The van der Waals surface area contributed by atoms with Crippen molar-refractivity contribution >= 4 is 11.7 Å². The first-order valence-electron chi connectivity index (χ1n) is 8.72. The van der Waals surface area contributed by atoms with E-state index < -0.39 is 0 Å². The molecule has 2 aliphatic rings. The third-order valence-electron chi connectivity index (χ3n) is 5.14. The molecule has 0 spiro atoms. The summed E-state index contributed by atoms with van der Waals surface area (Å²) in [5.41, 5.74) is 4.63. The fourth-order valence-corrected chi connectivity index (χ4v) is 3.85. The van der Waals surface area contributed by atoms with E-state index in [1.54, 1.807) is 6.33 Å². The number of aromatic nitrogens is 4. The number of amides is 1. The monoisotopic (exact) mass is 328 g/mol. The van der Waals surface area contributed by atoms with Gasteiger partial charge in [0.25, 0.3) is 5.91 Å². The smallest absolute Gasteiger partial charge is 0.275 e. The number of hydrogen-bond donors (Lipinski definition) is 1. The Morgan fingerprint density at radius 2 is 2.08 bits per heavy atom. The normalized spacial score (nSPS) is 17.2. The minimum absolute atomic E-state index is 0.0785. The molecule has 1 aliphatic carbocycles. The fourth-order valence-electron chi connectivity index (χ4n) is 3.85. The van der Waals surface area contributed by atoms with Gasteiger partial charge in [-0.15, -0.1) is 0 Å². The predicted molar refractivity (Wildman–Crippen MR) is 91.1 cm³/mol. The van der Waals surface area contributed by atoms with Crippen LogP contribution in [-0.4, -0.2) is 50.8 Å². The van der Waals surface area contributed by atoms with E-state index in [1.807, 2.05) is 28.5 Å². The largest absolute Gasteiger partial charge is 0.340 e. The number of carbonyl (C=O) groups is 1. The van der Waals surface area contributed by atoms with Gasteiger partial charge in [-0.2, -0.15) is 5.10 Å². The molecule has 4 rings (SSSR count). The Hall–Kier alpha value is -2.31. The van der Waals surface area contributed by atoms with E-state index >= 15 is 0 Å². The fraction of sp³-hybridized carbons (Fsp3) is 0.588. The third-order valence-corrected chi connectivity index (χ3v) is 5.14. The number of H-pyrrole nitrogens is 1. The maximum atomic E-state index is 12.7. The van der Waals surface area contributed by atoms with Gasteiger partial charge in [-0.1, -0.05) is 0 Å². The van der Waals surface area contributed by atoms with Gasteiger partial charge in [-0.05, 0) is 44.1 Å². The molecule has 0 aromatic carbocycles. The van der Waals surface area contributed by atoms with Gasteiger partial charge in [-0.25, -0.2) is 4.98 Å². The molecule has 2 aromatic heterocycles. The molecule has 7 nitrogen and oxygen atoms in total. The number of aromatic amines is 1. The molecule has 0 saturated carbocycles. The number of hydrogen-bond acceptors (Lipinski definition) is 4. The molecule has 3 heterocycles. The number of fused-ring (bicyclic) bond motifs is 2. The highest BCUT2D eigenvalue weighted by Gasteiger charge is 2.31. The molecule has 1 N–H and O–H groups in total. The highest BCUT2D eigenvalue weighted by molar-refractivity contribution is 5.99. The van der Waals surface area contributed by atoms with Crippen LogP contribution < -0.4 is 4.90 Å². The summed E-state index contributed by atoms with van der Waals surface area (Å²) in [7, 11) is 3.86. The van der Waals surface area contributed by atoms with Crippen LogP contribution >= 0.6 is 0 Å². The van der Waals surface area contributed by atoms with E-state index in [9.17, 15) is 4.79 Å². The summed E-state index contributed by atoms with van der Waals surface area (Å²) < 4.78 is 1.81. The van der Waals surface area contributed by atoms with Crippen molar-refractivity contribution in [3.63, 3.8) is 0 Å². The predicted octanol–water partition coefficient (Wildman–Crippen LogP) is 1.50. The van der Waals surface area contributed by atoms with Crippen molar-refractivity contribution in [1.29, 1.82) is 0 Å². The average Bonchev–Trinajstić information content (AvgIpc) is 3.17. The zero-order valence-corrected chi connectivity index (χ0v) is 14.4. The first kappa shape index (κ1) is 15.2. The number of nitrogens with one attached hydrogen (secondary N) is 1. The second-order valence-electron chi connectivity index (χ2n) is 6.87. The van der Waals surface area contributed by atoms with Gasteiger partial charge in [0.15, 0.2) is 11.5 Å². The van der Waals surface area contributed by atoms with Crippen LogP contribution in [0.1, 0.15) is 46.7 Å². The van der Waals surface area contributed by atoms with Crippen molar-refractivity contribution in [3.05, 3.63) is 29.0 Å². The Balaban J connectivity index is 1.41. The van der Waals surface area contributed by atoms with Crippen molar-refractivity contribution in [1.82, 2.24) is 24.6 Å². The Kier molecular flexibility index (Phi) is 3.78. The number of rotatable bonds is 4. The van der Waals surface area contributed by atoms with Gasteiger partial charge in [0.05, 0.1) is 18.7 Å². The molecule has 1 amide bonds. The minimum Gasteiger partial charge on any atom is -0.340 e. The molecule has 0 atom stereocenters. The number of nitrogens with zero attached hydrogens (tertiary/aromatic N) is 5. The zero-order chi connectivity index (χ0) is 16.7. The second kappa shape index (κ2) is 5.96. The Morgan fingerprint density at radius 3 is 2.96 bits per heavy atom. The van der Waals surface area contributed by atoms with E-state index in [4.69, 9.17) is 0 Å². The van der Waals surface area contributed by atoms with Gasteiger partial charge in [0.2, 0.25) is 0 Å². The Morgan fingerprint density at radius 1 is 1.25 bits per heavy atom. The van der Waals surface area contributed by atoms with Crippen LogP contribution in [0.4, 0.5) is 5.82 Å². The molecular formula is C17H24N6O. The first-order chi connectivity index (χ1) is 11.6. The van der Waals surface area contributed by atoms with Crippen molar-refractivity contribution in [2.24, 2.45) is 7.05 Å². The van der Waals surface area contributed by atoms with Crippen LogP contribution in [0.25, 0.3) is 0 Å². The summed E-state index contributed by atoms with van der Waals surface area (Å²) in [5.74, 6) is 0.858. The van der Waals surface area contributed by atoms with Crippen molar-refractivity contribution in [2.45, 2.75) is 38.5 Å². The topological polar surface area (TPSA) is 70.1 Å². The lowest BCUT2D eigenvalue weighted by Gasteiger charge is -2.33. The minimum atomic E-state index is 0.0785. The molecule has 1 aliphatic heterocycles. The van der Waals surface area contributed by atoms with Gasteiger partial charge in [-0.3, -0.25) is 9.89 Å². The lowest BCUT2D eigenvalue weighted by molar-refractivity contribution is 0.0731. The highest BCUT2D eigenvalue weighted by atomic mass is 16.2. The number of carbonyl (C=O) groups excluding carboxylic acids is 1. The first-order valence-corrected chi connectivity index (χ1v) is 8.72. The zero-order valence-electron chi connectivity index (χ0n) is 14.4. The quantitative estimate of drug-likeness (QED) is 0.923. The summed E-state index contributed by atoms with van der Waals surface area (Å²) >= 11 is 0. The number of anilines is 1. The molecule has 24 heavy (non-hydrogen) atoms. The van der Waals surface area contributed by atoms with E-state index in [0.717, 1.165) is 38.0 Å². The maximum absolute atomic E-state index is 12.7.